The third kappa shape index (κ3) is 5.49. The molecule has 0 aliphatic carbocycles. The quantitative estimate of drug-likeness (QED) is 0.117. The monoisotopic (exact) mass is 568 g/mol. The van der Waals surface area contributed by atoms with Crippen LogP contribution in [0.2, 0.25) is 0 Å². The molecule has 1 fully saturated rings. The molecule has 0 spiro atoms. The summed E-state index contributed by atoms with van der Waals surface area (Å²) in [4.78, 5) is 45.1. The van der Waals surface area contributed by atoms with E-state index in [0.29, 0.717) is 39.8 Å². The molecule has 0 bridgehead atoms. The number of thiazole rings is 1. The van der Waals surface area contributed by atoms with E-state index < -0.39 is 17.7 Å². The fraction of sp³-hybridized carbons (Fsp3) is 0.188. The molecule has 0 saturated carbocycles. The van der Waals surface area contributed by atoms with Gasteiger partial charge in [-0.3, -0.25) is 19.3 Å². The molecular formula is C32H28N2O6S. The Hall–Kier alpha value is -4.76. The lowest BCUT2D eigenvalue weighted by molar-refractivity contribution is -0.132. The second kappa shape index (κ2) is 11.4. The molecule has 1 saturated heterocycles. The molecular weight excluding hydrogens is 540 g/mol. The van der Waals surface area contributed by atoms with Crippen LogP contribution in [-0.4, -0.2) is 34.7 Å². The highest BCUT2D eigenvalue weighted by Crippen LogP contribution is 2.44. The molecule has 0 radical (unpaired) electrons. The fourth-order valence-corrected chi connectivity index (χ4v) is 5.79. The Morgan fingerprint density at radius 2 is 1.73 bits per heavy atom. The number of ether oxygens (including phenoxy) is 2. The van der Waals surface area contributed by atoms with Gasteiger partial charge in [-0.05, 0) is 61.4 Å². The summed E-state index contributed by atoms with van der Waals surface area (Å²) in [6.45, 7) is 5.49. The topological polar surface area (TPSA) is 106 Å². The van der Waals surface area contributed by atoms with E-state index in [4.69, 9.17) is 9.47 Å². The number of aliphatic hydroxyl groups is 1. The summed E-state index contributed by atoms with van der Waals surface area (Å²) in [5.41, 5.74) is 3.43. The maximum atomic E-state index is 13.5. The number of carbonyl (C=O) groups is 3. The van der Waals surface area contributed by atoms with Crippen molar-refractivity contribution in [1.82, 2.24) is 4.98 Å². The van der Waals surface area contributed by atoms with Crippen LogP contribution in [0.4, 0.5) is 5.13 Å². The SMILES string of the molecule is COc1cccc(C2/C(=C(\O)c3ccc(OCc4cccc(C)c4)cc3)C(=O)C(=O)N2c2nc(C)c(C(C)=O)s2)c1. The molecule has 1 amide bonds. The molecule has 8 nitrogen and oxygen atoms in total. The summed E-state index contributed by atoms with van der Waals surface area (Å²) in [6.07, 6.45) is 0. The minimum atomic E-state index is -0.993. The van der Waals surface area contributed by atoms with E-state index in [-0.39, 0.29) is 22.2 Å². The van der Waals surface area contributed by atoms with Gasteiger partial charge in [0.2, 0.25) is 0 Å². The minimum Gasteiger partial charge on any atom is -0.507 e. The fourth-order valence-electron chi connectivity index (χ4n) is 4.80. The Balaban J connectivity index is 1.54. The van der Waals surface area contributed by atoms with Crippen molar-refractivity contribution in [2.24, 2.45) is 0 Å². The first kappa shape index (κ1) is 27.8. The number of aromatic nitrogens is 1. The molecule has 41 heavy (non-hydrogen) atoms. The number of anilines is 1. The first-order chi connectivity index (χ1) is 19.7. The van der Waals surface area contributed by atoms with Crippen LogP contribution in [0, 0.1) is 13.8 Å². The van der Waals surface area contributed by atoms with E-state index in [9.17, 15) is 19.5 Å². The number of aryl methyl sites for hydroxylation is 2. The van der Waals surface area contributed by atoms with Crippen LogP contribution >= 0.6 is 11.3 Å². The standard InChI is InChI=1S/C32H28N2O6S/c1-18-7-5-8-21(15-18)17-40-24-13-11-22(12-14-24)28(36)26-27(23-9-6-10-25(16-23)39-4)34(31(38)29(26)37)32-33-19(2)30(41-32)20(3)35/h5-16,27,36H,17H2,1-4H3/b28-26+. The average Bonchev–Trinajstić information content (AvgIpc) is 3.48. The summed E-state index contributed by atoms with van der Waals surface area (Å²) in [5.74, 6) is -1.12. The van der Waals surface area contributed by atoms with Crippen LogP contribution in [0.1, 0.15) is 50.6 Å². The van der Waals surface area contributed by atoms with Crippen molar-refractivity contribution in [3.05, 3.63) is 111 Å². The largest absolute Gasteiger partial charge is 0.507 e. The summed E-state index contributed by atoms with van der Waals surface area (Å²) in [5, 5.41) is 11.6. The second-order valence-corrected chi connectivity index (χ2v) is 10.7. The van der Waals surface area contributed by atoms with Gasteiger partial charge in [-0.1, -0.05) is 53.3 Å². The van der Waals surface area contributed by atoms with Crippen molar-refractivity contribution < 1.29 is 29.0 Å². The van der Waals surface area contributed by atoms with E-state index in [1.165, 1.54) is 18.9 Å². The second-order valence-electron chi connectivity index (χ2n) is 9.71. The molecule has 1 unspecified atom stereocenters. The van der Waals surface area contributed by atoms with Crippen molar-refractivity contribution >= 4 is 39.7 Å². The molecule has 4 aromatic rings. The highest BCUT2D eigenvalue weighted by molar-refractivity contribution is 7.18. The van der Waals surface area contributed by atoms with Crippen molar-refractivity contribution in [3.8, 4) is 11.5 Å². The van der Waals surface area contributed by atoms with Crippen LogP contribution in [-0.2, 0) is 16.2 Å². The molecule has 1 aliphatic heterocycles. The number of benzene rings is 3. The van der Waals surface area contributed by atoms with Gasteiger partial charge in [-0.15, -0.1) is 0 Å². The van der Waals surface area contributed by atoms with E-state index in [1.54, 1.807) is 55.5 Å². The number of amides is 1. The van der Waals surface area contributed by atoms with Gasteiger partial charge in [-0.25, -0.2) is 4.98 Å². The molecule has 208 valence electrons. The number of ketones is 2. The van der Waals surface area contributed by atoms with Crippen LogP contribution in [0.25, 0.3) is 5.76 Å². The van der Waals surface area contributed by atoms with E-state index in [0.717, 1.165) is 22.5 Å². The van der Waals surface area contributed by atoms with Gasteiger partial charge in [0, 0.05) is 12.5 Å². The predicted octanol–water partition coefficient (Wildman–Crippen LogP) is 6.18. The maximum Gasteiger partial charge on any atom is 0.301 e. The number of Topliss-reactive ketones (excluding diaryl/α,β-unsaturated/α-hetero) is 2. The zero-order chi connectivity index (χ0) is 29.3. The molecule has 1 atom stereocenters. The van der Waals surface area contributed by atoms with Gasteiger partial charge in [0.15, 0.2) is 10.9 Å². The summed E-state index contributed by atoms with van der Waals surface area (Å²) >= 11 is 1.04. The predicted molar refractivity (Wildman–Crippen MR) is 157 cm³/mol. The van der Waals surface area contributed by atoms with E-state index in [2.05, 4.69) is 4.98 Å². The highest BCUT2D eigenvalue weighted by Gasteiger charge is 2.48. The lowest BCUT2D eigenvalue weighted by atomic mass is 9.95. The Labute approximate surface area is 241 Å². The molecule has 2 heterocycles. The summed E-state index contributed by atoms with van der Waals surface area (Å²) in [7, 11) is 1.52. The van der Waals surface area contributed by atoms with Gasteiger partial charge in [-0.2, -0.15) is 0 Å². The third-order valence-corrected chi connectivity index (χ3v) is 8.04. The average molecular weight is 569 g/mol. The lowest BCUT2D eigenvalue weighted by Gasteiger charge is -2.23. The van der Waals surface area contributed by atoms with E-state index in [1.807, 2.05) is 31.2 Å². The Morgan fingerprint density at radius 3 is 2.39 bits per heavy atom. The highest BCUT2D eigenvalue weighted by atomic mass is 32.1. The number of hydrogen-bond donors (Lipinski definition) is 1. The first-order valence-corrected chi connectivity index (χ1v) is 13.7. The van der Waals surface area contributed by atoms with E-state index >= 15 is 0 Å². The number of carbonyl (C=O) groups excluding carboxylic acids is 3. The summed E-state index contributed by atoms with van der Waals surface area (Å²) in [6, 6.07) is 20.6. The molecule has 1 aliphatic rings. The van der Waals surface area contributed by atoms with Gasteiger partial charge in [0.05, 0.1) is 29.3 Å². The zero-order valence-corrected chi connectivity index (χ0v) is 23.8. The third-order valence-electron chi connectivity index (χ3n) is 6.78. The molecule has 1 aromatic heterocycles. The molecule has 5 rings (SSSR count). The number of nitrogens with zero attached hydrogens (tertiary/aromatic N) is 2. The number of aliphatic hydroxyl groups excluding tert-OH is 1. The van der Waals surface area contributed by atoms with Gasteiger partial charge in [0.1, 0.15) is 23.9 Å². The number of rotatable bonds is 8. The lowest BCUT2D eigenvalue weighted by Crippen LogP contribution is -2.29. The summed E-state index contributed by atoms with van der Waals surface area (Å²) < 4.78 is 11.3. The Morgan fingerprint density at radius 1 is 1.00 bits per heavy atom. The molecule has 3 aromatic carbocycles. The van der Waals surface area contributed by atoms with Gasteiger partial charge >= 0.3 is 5.91 Å². The van der Waals surface area contributed by atoms with Crippen LogP contribution < -0.4 is 14.4 Å². The minimum absolute atomic E-state index is 0.0890. The molecule has 1 N–H and O–H groups in total. The van der Waals surface area contributed by atoms with Crippen LogP contribution in [0.5, 0.6) is 11.5 Å². The van der Waals surface area contributed by atoms with Crippen molar-refractivity contribution in [3.63, 3.8) is 0 Å². The Kier molecular flexibility index (Phi) is 7.72. The van der Waals surface area contributed by atoms with Gasteiger partial charge in [0.25, 0.3) is 5.78 Å². The van der Waals surface area contributed by atoms with Crippen molar-refractivity contribution in [1.29, 1.82) is 0 Å². The first-order valence-electron chi connectivity index (χ1n) is 12.9. The Bertz CT molecular complexity index is 1690. The normalized spacial score (nSPS) is 16.2. The van der Waals surface area contributed by atoms with Crippen molar-refractivity contribution in [2.75, 3.05) is 12.0 Å². The smallest absolute Gasteiger partial charge is 0.301 e. The zero-order valence-electron chi connectivity index (χ0n) is 23.0. The molecule has 9 heteroatoms. The maximum absolute atomic E-state index is 13.5. The van der Waals surface area contributed by atoms with Crippen LogP contribution in [0.3, 0.4) is 0 Å². The number of hydrogen-bond acceptors (Lipinski definition) is 8. The van der Waals surface area contributed by atoms with Crippen molar-refractivity contribution in [2.45, 2.75) is 33.4 Å². The van der Waals surface area contributed by atoms with Gasteiger partial charge < -0.3 is 14.6 Å². The number of methoxy groups -OCH3 is 1. The van der Waals surface area contributed by atoms with Crippen LogP contribution in [0.15, 0.2) is 78.4 Å².